The van der Waals surface area contributed by atoms with E-state index >= 15 is 0 Å². The minimum Gasteiger partial charge on any atom is -0.297 e. The van der Waals surface area contributed by atoms with E-state index in [-0.39, 0.29) is 29.3 Å². The molecular weight excluding hydrogens is 512 g/mol. The van der Waals surface area contributed by atoms with Crippen molar-refractivity contribution in [3.63, 3.8) is 0 Å². The largest absolute Gasteiger partial charge is 0.297 e. The highest BCUT2D eigenvalue weighted by atomic mass is 16.2. The summed E-state index contributed by atoms with van der Waals surface area (Å²) in [7, 11) is 0. The predicted molar refractivity (Wildman–Crippen MR) is 158 cm³/mol. The van der Waals surface area contributed by atoms with Crippen LogP contribution in [-0.4, -0.2) is 27.4 Å². The molecule has 7 heteroatoms. The van der Waals surface area contributed by atoms with Crippen LogP contribution in [0.25, 0.3) is 27.4 Å². The first-order valence-corrected chi connectivity index (χ1v) is 14.2. The molecule has 0 bridgehead atoms. The number of anilines is 1. The molecule has 8 rings (SSSR count). The number of rotatable bonds is 3. The van der Waals surface area contributed by atoms with Gasteiger partial charge in [-0.15, -0.1) is 0 Å². The van der Waals surface area contributed by atoms with Gasteiger partial charge in [-0.25, -0.2) is 9.88 Å². The summed E-state index contributed by atoms with van der Waals surface area (Å²) in [5.41, 5.74) is 1.37. The molecule has 0 unspecified atom stereocenters. The molecule has 2 amide bonds. The van der Waals surface area contributed by atoms with Gasteiger partial charge in [-0.1, -0.05) is 80.6 Å². The van der Waals surface area contributed by atoms with Crippen LogP contribution in [0.15, 0.2) is 95.8 Å². The molecule has 1 spiro atoms. The van der Waals surface area contributed by atoms with Crippen molar-refractivity contribution < 1.29 is 9.59 Å². The quantitative estimate of drug-likeness (QED) is 0.329. The minimum absolute atomic E-state index is 0.178. The number of benzene rings is 4. The van der Waals surface area contributed by atoms with Gasteiger partial charge in [-0.05, 0) is 42.0 Å². The van der Waals surface area contributed by atoms with Crippen LogP contribution in [0.2, 0.25) is 0 Å². The smallest absolute Gasteiger partial charge is 0.266 e. The number of hydrogen-bond acceptors (Lipinski definition) is 5. The zero-order valence-electron chi connectivity index (χ0n) is 22.7. The zero-order valence-corrected chi connectivity index (χ0v) is 22.7. The van der Waals surface area contributed by atoms with Gasteiger partial charge < -0.3 is 0 Å². The fraction of sp³-hybridized carbons (Fsp3) is 0.235. The zero-order chi connectivity index (χ0) is 28.0. The molecule has 1 aromatic heterocycles. The summed E-state index contributed by atoms with van der Waals surface area (Å²) in [5, 5.41) is 6.12. The Morgan fingerprint density at radius 1 is 0.805 bits per heavy atom. The fourth-order valence-electron chi connectivity index (χ4n) is 7.57. The molecular formula is C34H28N4O3. The lowest BCUT2D eigenvalue weighted by Gasteiger charge is -2.32. The molecule has 4 aromatic carbocycles. The SMILES string of the molecule is CC(C)C[C@@H]1N[C@@]2(c3ccccc3-n3c2nc2ccccc2c3=O)[C@H]2C(=O)N(c3cccc4ccccc34)C(=O)[C@@H]12. The number of carbonyl (C=O) groups is 2. The molecule has 1 N–H and O–H groups in total. The topological polar surface area (TPSA) is 84.3 Å². The summed E-state index contributed by atoms with van der Waals surface area (Å²) in [6.45, 7) is 4.25. The van der Waals surface area contributed by atoms with Crippen molar-refractivity contribution in [1.29, 1.82) is 0 Å². The van der Waals surface area contributed by atoms with Crippen LogP contribution in [0.3, 0.4) is 0 Å². The lowest BCUT2D eigenvalue weighted by molar-refractivity contribution is -0.123. The number of aromatic nitrogens is 2. The van der Waals surface area contributed by atoms with Gasteiger partial charge in [-0.3, -0.25) is 24.3 Å². The van der Waals surface area contributed by atoms with Crippen LogP contribution in [-0.2, 0) is 15.1 Å². The predicted octanol–water partition coefficient (Wildman–Crippen LogP) is 4.92. The highest BCUT2D eigenvalue weighted by Gasteiger charge is 2.69. The summed E-state index contributed by atoms with van der Waals surface area (Å²) in [4.78, 5) is 49.7. The summed E-state index contributed by atoms with van der Waals surface area (Å²) in [6, 6.07) is 28.3. The first kappa shape index (κ1) is 24.2. The van der Waals surface area contributed by atoms with Gasteiger partial charge in [0.1, 0.15) is 11.4 Å². The van der Waals surface area contributed by atoms with Crippen LogP contribution in [0.1, 0.15) is 31.7 Å². The number of carbonyl (C=O) groups excluding carboxylic acids is 2. The van der Waals surface area contributed by atoms with Crippen molar-refractivity contribution in [2.75, 3.05) is 4.90 Å². The van der Waals surface area contributed by atoms with E-state index in [4.69, 9.17) is 4.98 Å². The molecule has 3 aliphatic heterocycles. The van der Waals surface area contributed by atoms with Crippen molar-refractivity contribution >= 4 is 39.2 Å². The Kier molecular flexibility index (Phi) is 4.98. The Labute approximate surface area is 236 Å². The molecule has 7 nitrogen and oxygen atoms in total. The van der Waals surface area contributed by atoms with Gasteiger partial charge in [-0.2, -0.15) is 0 Å². The standard InChI is InChI=1S/C34H28N4O3/c1-19(2)18-25-28-29(32(41)37(31(28)40)26-17-9-11-20-10-3-4-12-21(20)26)34(36-25)23-14-6-8-16-27(23)38-30(39)22-13-5-7-15-24(22)35-33(34)38/h3-17,19,25,28-29,36H,18H2,1-2H3/t25-,28-,29+,34-/m0/s1. The average molecular weight is 541 g/mol. The van der Waals surface area contributed by atoms with Crippen molar-refractivity contribution in [3.8, 4) is 5.69 Å². The third-order valence-corrected chi connectivity index (χ3v) is 9.10. The van der Waals surface area contributed by atoms with Crippen molar-refractivity contribution in [3.05, 3.63) is 113 Å². The summed E-state index contributed by atoms with van der Waals surface area (Å²) >= 11 is 0. The van der Waals surface area contributed by atoms with Crippen LogP contribution in [0.5, 0.6) is 0 Å². The Hall–Kier alpha value is -4.62. The Morgan fingerprint density at radius 2 is 1.49 bits per heavy atom. The monoisotopic (exact) mass is 540 g/mol. The number of imide groups is 1. The second-order valence-electron chi connectivity index (χ2n) is 11.8. The average Bonchev–Trinajstić information content (AvgIpc) is 3.55. The lowest BCUT2D eigenvalue weighted by Crippen LogP contribution is -2.50. The molecule has 4 atom stereocenters. The number of nitrogens with zero attached hydrogens (tertiary/aromatic N) is 3. The highest BCUT2D eigenvalue weighted by Crippen LogP contribution is 2.56. The highest BCUT2D eigenvalue weighted by molar-refractivity contribution is 6.26. The molecule has 4 heterocycles. The maximum Gasteiger partial charge on any atom is 0.266 e. The lowest BCUT2D eigenvalue weighted by atomic mass is 9.75. The number of para-hydroxylation sites is 2. The molecule has 41 heavy (non-hydrogen) atoms. The number of amides is 2. The van der Waals surface area contributed by atoms with Gasteiger partial charge in [0.05, 0.1) is 34.1 Å². The first-order valence-electron chi connectivity index (χ1n) is 14.2. The third kappa shape index (κ3) is 3.07. The second kappa shape index (κ2) is 8.44. The van der Waals surface area contributed by atoms with Gasteiger partial charge in [0, 0.05) is 17.0 Å². The normalized spacial score (nSPS) is 24.6. The molecule has 0 aliphatic carbocycles. The number of hydrogen-bond donors (Lipinski definition) is 1. The Bertz CT molecular complexity index is 1990. The summed E-state index contributed by atoms with van der Waals surface area (Å²) in [5.74, 6) is -1.08. The van der Waals surface area contributed by atoms with Crippen molar-refractivity contribution in [1.82, 2.24) is 14.9 Å². The molecule has 202 valence electrons. The van der Waals surface area contributed by atoms with Gasteiger partial charge in [0.15, 0.2) is 0 Å². The molecule has 5 aromatic rings. The van der Waals surface area contributed by atoms with E-state index in [0.717, 1.165) is 16.3 Å². The Balaban J connectivity index is 1.41. The van der Waals surface area contributed by atoms with Gasteiger partial charge in [0.25, 0.3) is 5.56 Å². The number of nitrogens with one attached hydrogen (secondary N) is 1. The molecule has 0 saturated carbocycles. The molecule has 0 radical (unpaired) electrons. The summed E-state index contributed by atoms with van der Waals surface area (Å²) < 4.78 is 1.65. The van der Waals surface area contributed by atoms with E-state index < -0.39 is 17.4 Å². The van der Waals surface area contributed by atoms with E-state index in [1.165, 1.54) is 4.90 Å². The molecule has 3 aliphatic rings. The van der Waals surface area contributed by atoms with Crippen LogP contribution in [0.4, 0.5) is 5.69 Å². The van der Waals surface area contributed by atoms with Gasteiger partial charge in [0.2, 0.25) is 11.8 Å². The second-order valence-corrected chi connectivity index (χ2v) is 11.8. The summed E-state index contributed by atoms with van der Waals surface area (Å²) in [6.07, 6.45) is 0.700. The third-order valence-electron chi connectivity index (χ3n) is 9.10. The first-order chi connectivity index (χ1) is 19.9. The van der Waals surface area contributed by atoms with E-state index in [1.54, 1.807) is 10.6 Å². The van der Waals surface area contributed by atoms with E-state index in [0.29, 0.717) is 34.5 Å². The van der Waals surface area contributed by atoms with Crippen LogP contribution >= 0.6 is 0 Å². The fourth-order valence-corrected chi connectivity index (χ4v) is 7.57. The van der Waals surface area contributed by atoms with Crippen molar-refractivity contribution in [2.45, 2.75) is 31.8 Å². The van der Waals surface area contributed by atoms with Crippen molar-refractivity contribution in [2.24, 2.45) is 17.8 Å². The number of fused-ring (bicyclic) bond motifs is 9. The van der Waals surface area contributed by atoms with Crippen LogP contribution in [0, 0.1) is 17.8 Å². The van der Waals surface area contributed by atoms with E-state index in [1.807, 2.05) is 84.9 Å². The maximum absolute atomic E-state index is 14.8. The van der Waals surface area contributed by atoms with Gasteiger partial charge >= 0.3 is 0 Å². The van der Waals surface area contributed by atoms with E-state index in [9.17, 15) is 14.4 Å². The minimum atomic E-state index is -1.13. The molecule has 2 fully saturated rings. The van der Waals surface area contributed by atoms with Crippen LogP contribution < -0.4 is 15.8 Å². The maximum atomic E-state index is 14.8. The van der Waals surface area contributed by atoms with E-state index in [2.05, 4.69) is 19.2 Å². The Morgan fingerprint density at radius 3 is 2.32 bits per heavy atom. The molecule has 2 saturated heterocycles.